The number of Topliss-reactive ketones (excluding diaryl/α,β-unsaturated/α-hetero) is 1. The van der Waals surface area contributed by atoms with Gasteiger partial charge in [0.1, 0.15) is 18.4 Å². The fraction of sp³-hybridized carbons (Fsp3) is 0.789. The fourth-order valence-corrected chi connectivity index (χ4v) is 5.05. The molecule has 8 nitrogen and oxygen atoms in total. The van der Waals surface area contributed by atoms with E-state index in [0.717, 1.165) is 30.4 Å². The maximum atomic E-state index is 13.6. The van der Waals surface area contributed by atoms with Crippen molar-refractivity contribution in [1.29, 1.82) is 0 Å². The Bertz CT molecular complexity index is 685. The first-order valence-corrected chi connectivity index (χ1v) is 11.8. The Morgan fingerprint density at radius 1 is 1.17 bits per heavy atom. The summed E-state index contributed by atoms with van der Waals surface area (Å²) in [6.45, 7) is 2.47. The van der Waals surface area contributed by atoms with Crippen molar-refractivity contribution in [3.05, 3.63) is 12.0 Å². The summed E-state index contributed by atoms with van der Waals surface area (Å²) in [5, 5.41) is 0. The number of rotatable bonds is 10. The van der Waals surface area contributed by atoms with Crippen molar-refractivity contribution >= 4 is 19.5 Å². The zero-order chi connectivity index (χ0) is 20.9. The molecular formula is C19H29FNO7P. The number of amides is 1. The average molecular weight is 433 g/mol. The highest BCUT2D eigenvalue weighted by molar-refractivity contribution is 7.48. The topological polar surface area (TPSA) is 91.4 Å². The molecule has 0 N–H and O–H groups in total. The minimum absolute atomic E-state index is 0.00260. The number of allylic oxidation sites excluding steroid dienone is 1. The second kappa shape index (κ2) is 10.3. The smallest absolute Gasteiger partial charge is 0.349 e. The molecule has 164 valence electrons. The molecule has 0 spiro atoms. The quantitative estimate of drug-likeness (QED) is 0.292. The van der Waals surface area contributed by atoms with Gasteiger partial charge >= 0.3 is 7.82 Å². The SMILES string of the molecule is CCCCCCCCCOP1(=O)OC[C@H]2O[C@@H](N3C=C(F)C(=O)CC3=O)C[C@@H]2O1. The highest BCUT2D eigenvalue weighted by Crippen LogP contribution is 2.56. The lowest BCUT2D eigenvalue weighted by Gasteiger charge is -2.30. The molecule has 0 aromatic rings. The molecule has 3 aliphatic rings. The third-order valence-corrected chi connectivity index (χ3v) is 6.76. The van der Waals surface area contributed by atoms with Crippen LogP contribution in [0.3, 0.4) is 0 Å². The minimum Gasteiger partial charge on any atom is -0.349 e. The molecule has 0 saturated carbocycles. The van der Waals surface area contributed by atoms with Crippen molar-refractivity contribution in [2.24, 2.45) is 0 Å². The van der Waals surface area contributed by atoms with Gasteiger partial charge in [0, 0.05) is 12.6 Å². The van der Waals surface area contributed by atoms with Crippen molar-refractivity contribution in [3.63, 3.8) is 0 Å². The molecule has 0 bridgehead atoms. The van der Waals surface area contributed by atoms with Crippen LogP contribution in [0.1, 0.15) is 64.7 Å². The number of carbonyl (C=O) groups is 2. The monoisotopic (exact) mass is 433 g/mol. The molecule has 10 heteroatoms. The van der Waals surface area contributed by atoms with Gasteiger partial charge in [-0.3, -0.25) is 28.1 Å². The fourth-order valence-electron chi connectivity index (χ4n) is 3.62. The number of phosphoric ester groups is 1. The number of carbonyl (C=O) groups excluding carboxylic acids is 2. The maximum Gasteiger partial charge on any atom is 0.475 e. The van der Waals surface area contributed by atoms with Gasteiger partial charge in [-0.2, -0.15) is 0 Å². The molecule has 0 aromatic heterocycles. The molecule has 0 radical (unpaired) electrons. The van der Waals surface area contributed by atoms with Gasteiger partial charge in [0.2, 0.25) is 11.7 Å². The van der Waals surface area contributed by atoms with E-state index in [4.69, 9.17) is 18.3 Å². The lowest BCUT2D eigenvalue weighted by molar-refractivity contribution is -0.146. The summed E-state index contributed by atoms with van der Waals surface area (Å²) in [5.41, 5.74) is 0. The second-order valence-electron chi connectivity index (χ2n) is 7.58. The van der Waals surface area contributed by atoms with Gasteiger partial charge in [-0.05, 0) is 6.42 Å². The Labute approximate surface area is 170 Å². The van der Waals surface area contributed by atoms with E-state index in [1.165, 1.54) is 25.7 Å². The number of ketones is 1. The number of hydrogen-bond acceptors (Lipinski definition) is 7. The largest absolute Gasteiger partial charge is 0.475 e. The third-order valence-electron chi connectivity index (χ3n) is 5.27. The molecule has 3 heterocycles. The van der Waals surface area contributed by atoms with E-state index in [2.05, 4.69) is 6.92 Å². The van der Waals surface area contributed by atoms with E-state index in [-0.39, 0.29) is 19.6 Å². The van der Waals surface area contributed by atoms with Crippen molar-refractivity contribution in [2.75, 3.05) is 13.2 Å². The zero-order valence-corrected chi connectivity index (χ0v) is 17.6. The van der Waals surface area contributed by atoms with E-state index in [1.807, 2.05) is 0 Å². The number of unbranched alkanes of at least 4 members (excludes halogenated alkanes) is 6. The van der Waals surface area contributed by atoms with Crippen LogP contribution in [-0.2, 0) is 32.5 Å². The first kappa shape index (κ1) is 22.6. The van der Waals surface area contributed by atoms with Crippen LogP contribution < -0.4 is 0 Å². The van der Waals surface area contributed by atoms with Crippen LogP contribution >= 0.6 is 7.82 Å². The Morgan fingerprint density at radius 2 is 1.90 bits per heavy atom. The van der Waals surface area contributed by atoms with Crippen molar-refractivity contribution in [1.82, 2.24) is 4.90 Å². The standard InChI is InChI=1S/C19H29FNO7P/c1-2-3-4-5-6-7-8-9-25-29(24)26-13-17-16(28-29)11-19(27-17)21-12-14(20)15(22)10-18(21)23/h12,16-17,19H,2-11,13H2,1H3/t16-,17+,19+,29?/m0/s1. The van der Waals surface area contributed by atoms with Crippen LogP contribution in [0.5, 0.6) is 0 Å². The molecule has 1 amide bonds. The summed E-state index contributed by atoms with van der Waals surface area (Å²) in [6, 6.07) is 0. The lowest BCUT2D eigenvalue weighted by Crippen LogP contribution is -2.40. The first-order chi connectivity index (χ1) is 13.9. The highest BCUT2D eigenvalue weighted by Gasteiger charge is 2.49. The van der Waals surface area contributed by atoms with Crippen LogP contribution in [0.15, 0.2) is 12.0 Å². The zero-order valence-electron chi connectivity index (χ0n) is 16.7. The van der Waals surface area contributed by atoms with Gasteiger partial charge in [0.05, 0.1) is 19.6 Å². The van der Waals surface area contributed by atoms with Gasteiger partial charge in [0.15, 0.2) is 5.83 Å². The van der Waals surface area contributed by atoms with Gasteiger partial charge in [-0.25, -0.2) is 8.96 Å². The van der Waals surface area contributed by atoms with Gasteiger partial charge < -0.3 is 4.74 Å². The Kier molecular flexibility index (Phi) is 7.99. The molecule has 2 fully saturated rings. The predicted octanol–water partition coefficient (Wildman–Crippen LogP) is 4.00. The van der Waals surface area contributed by atoms with Crippen LogP contribution in [0, 0.1) is 0 Å². The maximum absolute atomic E-state index is 13.6. The number of ether oxygens (including phenoxy) is 1. The normalized spacial score (nSPS) is 32.4. The summed E-state index contributed by atoms with van der Waals surface area (Å²) in [4.78, 5) is 24.4. The van der Waals surface area contributed by atoms with Gasteiger partial charge in [-0.15, -0.1) is 0 Å². The molecular weight excluding hydrogens is 404 g/mol. The Hall–Kier alpha value is -1.12. The van der Waals surface area contributed by atoms with E-state index >= 15 is 0 Å². The van der Waals surface area contributed by atoms with Crippen LogP contribution in [0.2, 0.25) is 0 Å². The highest BCUT2D eigenvalue weighted by atomic mass is 31.2. The van der Waals surface area contributed by atoms with E-state index in [1.54, 1.807) is 0 Å². The van der Waals surface area contributed by atoms with E-state index in [0.29, 0.717) is 0 Å². The summed E-state index contributed by atoms with van der Waals surface area (Å²) in [6.07, 6.45) is 6.37. The molecule has 4 atom stereocenters. The number of fused-ring (bicyclic) bond motifs is 1. The van der Waals surface area contributed by atoms with Gasteiger partial charge in [0.25, 0.3) is 0 Å². The summed E-state index contributed by atoms with van der Waals surface area (Å²) in [5.74, 6) is -2.37. The molecule has 1 unspecified atom stereocenters. The molecule has 0 aliphatic carbocycles. The van der Waals surface area contributed by atoms with Crippen LogP contribution in [0.25, 0.3) is 0 Å². The van der Waals surface area contributed by atoms with E-state index < -0.39 is 50.2 Å². The van der Waals surface area contributed by atoms with Crippen LogP contribution in [-0.4, -0.2) is 48.2 Å². The number of halogens is 1. The third kappa shape index (κ3) is 5.95. The summed E-state index contributed by atoms with van der Waals surface area (Å²) >= 11 is 0. The Morgan fingerprint density at radius 3 is 2.66 bits per heavy atom. The second-order valence-corrected chi connectivity index (χ2v) is 9.21. The lowest BCUT2D eigenvalue weighted by atomic mass is 10.1. The number of phosphoric acid groups is 1. The summed E-state index contributed by atoms with van der Waals surface area (Å²) in [7, 11) is -3.68. The molecule has 3 aliphatic heterocycles. The number of nitrogens with zero attached hydrogens (tertiary/aromatic N) is 1. The van der Waals surface area contributed by atoms with Gasteiger partial charge in [-0.1, -0.05) is 45.4 Å². The summed E-state index contributed by atoms with van der Waals surface area (Å²) < 4.78 is 48.2. The predicted molar refractivity (Wildman–Crippen MR) is 101 cm³/mol. The van der Waals surface area contributed by atoms with E-state index in [9.17, 15) is 18.5 Å². The molecule has 2 saturated heterocycles. The van der Waals surface area contributed by atoms with Crippen molar-refractivity contribution < 1.29 is 36.9 Å². The average Bonchev–Trinajstić information content (AvgIpc) is 3.09. The van der Waals surface area contributed by atoms with Crippen molar-refractivity contribution in [2.45, 2.75) is 83.1 Å². The first-order valence-electron chi connectivity index (χ1n) is 10.4. The minimum atomic E-state index is -3.68. The Balaban J connectivity index is 1.43. The molecule has 29 heavy (non-hydrogen) atoms. The van der Waals surface area contributed by atoms with Crippen molar-refractivity contribution in [3.8, 4) is 0 Å². The van der Waals surface area contributed by atoms with Crippen LogP contribution in [0.4, 0.5) is 4.39 Å². The molecule has 0 aromatic carbocycles. The molecule has 3 rings (SSSR count). The number of hydrogen-bond donors (Lipinski definition) is 0.